The van der Waals surface area contributed by atoms with Crippen molar-refractivity contribution in [3.8, 4) is 0 Å². The van der Waals surface area contributed by atoms with Gasteiger partial charge in [0.25, 0.3) is 0 Å². The Balaban J connectivity index is 5.43. The molecule has 0 unspecified atom stereocenters. The minimum absolute atomic E-state index is 0.0284. The number of hydrogen-bond donors (Lipinski definition) is 1. The molecule has 1 N–H and O–H groups in total. The van der Waals surface area contributed by atoms with Crippen LogP contribution in [0.1, 0.15) is 61.3 Å². The summed E-state index contributed by atoms with van der Waals surface area (Å²) in [7, 11) is 5.41. The Morgan fingerprint density at radius 3 is 1.59 bits per heavy atom. The van der Waals surface area contributed by atoms with Crippen LogP contribution < -0.4 is 5.32 Å². The number of rotatable bonds is 11. The molecule has 3 atom stereocenters. The van der Waals surface area contributed by atoms with Crippen molar-refractivity contribution in [3.63, 3.8) is 0 Å². The third-order valence-corrected chi connectivity index (χ3v) is 4.83. The van der Waals surface area contributed by atoms with Crippen molar-refractivity contribution in [1.29, 1.82) is 0 Å². The zero-order valence-corrected chi connectivity index (χ0v) is 19.0. The molecule has 0 radical (unpaired) electrons. The maximum Gasteiger partial charge on any atom is 0.245 e. The number of hydrogen-bond acceptors (Lipinski definition) is 4. The molecule has 0 heterocycles. The van der Waals surface area contributed by atoms with Gasteiger partial charge < -0.3 is 10.2 Å². The molecule has 2 amide bonds. The highest BCUT2D eigenvalue weighted by molar-refractivity contribution is 5.93. The van der Waals surface area contributed by atoms with Crippen LogP contribution in [0.4, 0.5) is 0 Å². The van der Waals surface area contributed by atoms with E-state index in [1.165, 1.54) is 11.8 Å². The van der Waals surface area contributed by atoms with Crippen LogP contribution >= 0.6 is 0 Å². The molecule has 0 aliphatic carbocycles. The van der Waals surface area contributed by atoms with Gasteiger partial charge in [-0.05, 0) is 51.6 Å². The lowest BCUT2D eigenvalue weighted by molar-refractivity contribution is -0.142. The summed E-state index contributed by atoms with van der Waals surface area (Å²) in [6.45, 7) is 13.6. The van der Waals surface area contributed by atoms with E-state index in [9.17, 15) is 14.4 Å². The molecule has 0 bridgehead atoms. The molecule has 0 aromatic rings. The molecule has 0 aliphatic heterocycles. The summed E-state index contributed by atoms with van der Waals surface area (Å²) >= 11 is 0. The van der Waals surface area contributed by atoms with E-state index >= 15 is 0 Å². The average Bonchev–Trinajstić information content (AvgIpc) is 2.52. The van der Waals surface area contributed by atoms with Crippen LogP contribution in [0.2, 0.25) is 0 Å². The van der Waals surface area contributed by atoms with E-state index in [0.717, 1.165) is 6.42 Å². The first-order valence-corrected chi connectivity index (χ1v) is 10.0. The number of carbonyl (C=O) groups is 3. The van der Waals surface area contributed by atoms with E-state index < -0.39 is 12.1 Å². The summed E-state index contributed by atoms with van der Waals surface area (Å²) in [6.07, 6.45) is 1.33. The molecule has 0 aliphatic rings. The molecule has 0 aromatic heterocycles. The van der Waals surface area contributed by atoms with Gasteiger partial charge in [0.05, 0.1) is 12.1 Å². The molecule has 0 saturated heterocycles. The number of Topliss-reactive ketones (excluding diaryl/α,β-unsaturated/α-hetero) is 1. The number of nitrogens with zero attached hydrogens (tertiary/aromatic N) is 2. The molecular formula is C21H41N3O3. The molecule has 6 heteroatoms. The lowest BCUT2D eigenvalue weighted by Gasteiger charge is -2.34. The molecule has 0 rings (SSSR count). The lowest BCUT2D eigenvalue weighted by Crippen LogP contribution is -2.57. The van der Waals surface area contributed by atoms with Crippen molar-refractivity contribution in [2.75, 3.05) is 21.1 Å². The Labute approximate surface area is 166 Å². The van der Waals surface area contributed by atoms with Gasteiger partial charge in [-0.2, -0.15) is 0 Å². The fourth-order valence-corrected chi connectivity index (χ4v) is 3.18. The van der Waals surface area contributed by atoms with Gasteiger partial charge in [-0.15, -0.1) is 0 Å². The summed E-state index contributed by atoms with van der Waals surface area (Å²) in [6, 6.07) is -1.40. The number of nitrogens with one attached hydrogen (secondary N) is 1. The normalized spacial score (nSPS) is 15.2. The second-order valence-corrected chi connectivity index (χ2v) is 9.04. The second kappa shape index (κ2) is 11.4. The highest BCUT2D eigenvalue weighted by Gasteiger charge is 2.34. The van der Waals surface area contributed by atoms with Crippen LogP contribution in [-0.4, -0.2) is 66.7 Å². The number of carbonyl (C=O) groups excluding carboxylic acids is 3. The summed E-state index contributed by atoms with van der Waals surface area (Å²) in [4.78, 5) is 41.4. The third-order valence-electron chi connectivity index (χ3n) is 4.83. The number of ketones is 1. The van der Waals surface area contributed by atoms with E-state index in [1.54, 1.807) is 7.05 Å². The first-order chi connectivity index (χ1) is 12.3. The maximum atomic E-state index is 13.1. The summed E-state index contributed by atoms with van der Waals surface area (Å²) in [5.41, 5.74) is 0. The predicted molar refractivity (Wildman–Crippen MR) is 110 cm³/mol. The fourth-order valence-electron chi connectivity index (χ4n) is 3.18. The van der Waals surface area contributed by atoms with Crippen LogP contribution in [0.15, 0.2) is 0 Å². The van der Waals surface area contributed by atoms with E-state index in [1.807, 2.05) is 46.7 Å². The van der Waals surface area contributed by atoms with Crippen LogP contribution in [-0.2, 0) is 14.4 Å². The van der Waals surface area contributed by atoms with Gasteiger partial charge in [0, 0.05) is 7.05 Å². The molecule has 27 heavy (non-hydrogen) atoms. The second-order valence-electron chi connectivity index (χ2n) is 9.04. The highest BCUT2D eigenvalue weighted by atomic mass is 16.2. The molecule has 0 saturated carbocycles. The lowest BCUT2D eigenvalue weighted by atomic mass is 9.96. The Hall–Kier alpha value is -1.43. The van der Waals surface area contributed by atoms with Crippen molar-refractivity contribution < 1.29 is 14.4 Å². The van der Waals surface area contributed by atoms with Gasteiger partial charge in [-0.1, -0.05) is 41.5 Å². The van der Waals surface area contributed by atoms with Crippen molar-refractivity contribution in [3.05, 3.63) is 0 Å². The third kappa shape index (κ3) is 8.41. The Morgan fingerprint density at radius 1 is 0.815 bits per heavy atom. The zero-order chi connectivity index (χ0) is 21.5. The van der Waals surface area contributed by atoms with Crippen LogP contribution in [0, 0.1) is 17.8 Å². The van der Waals surface area contributed by atoms with Gasteiger partial charge in [-0.25, -0.2) is 0 Å². The van der Waals surface area contributed by atoms with Crippen molar-refractivity contribution in [2.24, 2.45) is 17.8 Å². The standard InChI is InChI=1S/C21H41N3O3/c1-13(2)11-17(16(7)25)24(10)21(27)19(15(5)6)22-20(26)18(23(8)9)12-14(3)4/h13-15,17-19H,11-12H2,1-10H3,(H,22,26)/t17-,18-,19-/m0/s1. The SMILES string of the molecule is CC(=O)[C@H](CC(C)C)N(C)C(=O)[C@@H](NC(=O)[C@H](CC(C)C)N(C)C)C(C)C. The number of likely N-dealkylation sites (N-methyl/N-ethyl adjacent to an activating group) is 2. The largest absolute Gasteiger partial charge is 0.343 e. The van der Waals surface area contributed by atoms with Crippen molar-refractivity contribution in [2.45, 2.75) is 79.4 Å². The van der Waals surface area contributed by atoms with E-state index in [2.05, 4.69) is 19.2 Å². The highest BCUT2D eigenvalue weighted by Crippen LogP contribution is 2.16. The van der Waals surface area contributed by atoms with E-state index in [0.29, 0.717) is 18.3 Å². The van der Waals surface area contributed by atoms with Crippen LogP contribution in [0.3, 0.4) is 0 Å². The Bertz CT molecular complexity index is 501. The maximum absolute atomic E-state index is 13.1. The van der Waals surface area contributed by atoms with Gasteiger partial charge in [0.2, 0.25) is 11.8 Å². The molecular weight excluding hydrogens is 342 g/mol. The number of amides is 2. The monoisotopic (exact) mass is 383 g/mol. The predicted octanol–water partition coefficient (Wildman–Crippen LogP) is 2.57. The summed E-state index contributed by atoms with van der Waals surface area (Å²) < 4.78 is 0. The van der Waals surface area contributed by atoms with E-state index in [-0.39, 0.29) is 29.6 Å². The van der Waals surface area contributed by atoms with Gasteiger partial charge in [-0.3, -0.25) is 19.3 Å². The summed E-state index contributed by atoms with van der Waals surface area (Å²) in [5, 5.41) is 2.95. The van der Waals surface area contributed by atoms with Gasteiger partial charge in [0.15, 0.2) is 5.78 Å². The van der Waals surface area contributed by atoms with E-state index in [4.69, 9.17) is 0 Å². The first-order valence-electron chi connectivity index (χ1n) is 10.0. The van der Waals surface area contributed by atoms with Gasteiger partial charge >= 0.3 is 0 Å². The molecule has 0 spiro atoms. The molecule has 0 aromatic carbocycles. The topological polar surface area (TPSA) is 69.7 Å². The minimum atomic E-state index is -0.647. The Morgan fingerprint density at radius 2 is 1.26 bits per heavy atom. The average molecular weight is 384 g/mol. The first kappa shape index (κ1) is 25.6. The fraction of sp³-hybridized carbons (Fsp3) is 0.857. The summed E-state index contributed by atoms with van der Waals surface area (Å²) in [5.74, 6) is 0.216. The van der Waals surface area contributed by atoms with Crippen molar-refractivity contribution >= 4 is 17.6 Å². The van der Waals surface area contributed by atoms with Crippen molar-refractivity contribution in [1.82, 2.24) is 15.1 Å². The molecule has 158 valence electrons. The minimum Gasteiger partial charge on any atom is -0.343 e. The molecule has 6 nitrogen and oxygen atoms in total. The Kier molecular flexibility index (Phi) is 10.8. The van der Waals surface area contributed by atoms with Gasteiger partial charge in [0.1, 0.15) is 6.04 Å². The molecule has 0 fully saturated rings. The van der Waals surface area contributed by atoms with Crippen LogP contribution in [0.25, 0.3) is 0 Å². The van der Waals surface area contributed by atoms with Crippen LogP contribution in [0.5, 0.6) is 0 Å². The quantitative estimate of drug-likeness (QED) is 0.595. The zero-order valence-electron chi connectivity index (χ0n) is 19.0. The smallest absolute Gasteiger partial charge is 0.245 e.